The quantitative estimate of drug-likeness (QED) is 0.928. The number of nitrogens with two attached hydrogens (primary N) is 1. The first-order valence-corrected chi connectivity index (χ1v) is 7.45. The molecule has 1 heterocycles. The fourth-order valence-electron chi connectivity index (χ4n) is 2.81. The Morgan fingerprint density at radius 2 is 2.24 bits per heavy atom. The van der Waals surface area contributed by atoms with Gasteiger partial charge in [0, 0.05) is 25.6 Å². The standard InChI is InChI=1S/C16H22F2N2O/c1-11(19)13-5-3-9-20(10-13)15(21)8-7-12-4-2-6-14(17)16(12)18/h2,4,6,11,13H,3,5,7-10,19H2,1H3/t11-,13-/m0/s1. The van der Waals surface area contributed by atoms with Crippen LogP contribution in [0.25, 0.3) is 0 Å². The number of carbonyl (C=O) groups is 1. The topological polar surface area (TPSA) is 46.3 Å². The number of rotatable bonds is 4. The van der Waals surface area contributed by atoms with E-state index < -0.39 is 11.6 Å². The molecular formula is C16H22F2N2O. The van der Waals surface area contributed by atoms with Gasteiger partial charge in [-0.1, -0.05) is 12.1 Å². The molecule has 5 heteroatoms. The first-order valence-electron chi connectivity index (χ1n) is 7.45. The van der Waals surface area contributed by atoms with Gasteiger partial charge in [0.2, 0.25) is 5.91 Å². The molecule has 1 fully saturated rings. The number of likely N-dealkylation sites (tertiary alicyclic amines) is 1. The number of carbonyl (C=O) groups excluding carboxylic acids is 1. The van der Waals surface area contributed by atoms with Gasteiger partial charge in [0.05, 0.1) is 0 Å². The van der Waals surface area contributed by atoms with Crippen LogP contribution in [0.4, 0.5) is 8.78 Å². The van der Waals surface area contributed by atoms with Gasteiger partial charge in [-0.15, -0.1) is 0 Å². The Bertz CT molecular complexity index is 505. The first-order chi connectivity index (χ1) is 9.99. The molecule has 1 aliphatic heterocycles. The van der Waals surface area contributed by atoms with Crippen molar-refractivity contribution < 1.29 is 13.6 Å². The maximum atomic E-state index is 13.5. The third-order valence-electron chi connectivity index (χ3n) is 4.19. The highest BCUT2D eigenvalue weighted by Gasteiger charge is 2.25. The van der Waals surface area contributed by atoms with Crippen molar-refractivity contribution >= 4 is 5.91 Å². The minimum atomic E-state index is -0.866. The molecule has 2 rings (SSSR count). The van der Waals surface area contributed by atoms with Crippen LogP contribution in [0.2, 0.25) is 0 Å². The molecule has 21 heavy (non-hydrogen) atoms. The predicted molar refractivity (Wildman–Crippen MR) is 77.6 cm³/mol. The molecule has 116 valence electrons. The Hall–Kier alpha value is -1.49. The maximum Gasteiger partial charge on any atom is 0.222 e. The fourth-order valence-corrected chi connectivity index (χ4v) is 2.81. The lowest BCUT2D eigenvalue weighted by Crippen LogP contribution is -2.45. The van der Waals surface area contributed by atoms with Gasteiger partial charge in [0.15, 0.2) is 11.6 Å². The Morgan fingerprint density at radius 3 is 2.95 bits per heavy atom. The van der Waals surface area contributed by atoms with E-state index in [1.54, 1.807) is 4.90 Å². The summed E-state index contributed by atoms with van der Waals surface area (Å²) < 4.78 is 26.7. The Morgan fingerprint density at radius 1 is 1.48 bits per heavy atom. The lowest BCUT2D eigenvalue weighted by molar-refractivity contribution is -0.133. The Balaban J connectivity index is 1.91. The normalized spacial score (nSPS) is 20.4. The molecule has 1 saturated heterocycles. The lowest BCUT2D eigenvalue weighted by Gasteiger charge is -2.34. The number of amides is 1. The van der Waals surface area contributed by atoms with E-state index in [9.17, 15) is 13.6 Å². The van der Waals surface area contributed by atoms with Crippen LogP contribution in [-0.4, -0.2) is 29.9 Å². The summed E-state index contributed by atoms with van der Waals surface area (Å²) in [5, 5.41) is 0. The molecule has 3 nitrogen and oxygen atoms in total. The van der Waals surface area contributed by atoms with Gasteiger partial charge in [-0.2, -0.15) is 0 Å². The van der Waals surface area contributed by atoms with E-state index in [4.69, 9.17) is 5.73 Å². The smallest absolute Gasteiger partial charge is 0.222 e. The highest BCUT2D eigenvalue weighted by molar-refractivity contribution is 5.76. The molecule has 0 bridgehead atoms. The van der Waals surface area contributed by atoms with Gasteiger partial charge in [-0.25, -0.2) is 8.78 Å². The van der Waals surface area contributed by atoms with Crippen LogP contribution in [0.15, 0.2) is 18.2 Å². The zero-order valence-corrected chi connectivity index (χ0v) is 12.3. The summed E-state index contributed by atoms with van der Waals surface area (Å²) in [5.41, 5.74) is 6.16. The molecular weight excluding hydrogens is 274 g/mol. The molecule has 1 aliphatic rings. The van der Waals surface area contributed by atoms with Gasteiger partial charge in [0.25, 0.3) is 0 Å². The van der Waals surface area contributed by atoms with Crippen LogP contribution in [0.3, 0.4) is 0 Å². The van der Waals surface area contributed by atoms with Gasteiger partial charge in [0.1, 0.15) is 0 Å². The van der Waals surface area contributed by atoms with E-state index in [1.165, 1.54) is 12.1 Å². The van der Waals surface area contributed by atoms with Crippen LogP contribution in [0, 0.1) is 17.6 Å². The van der Waals surface area contributed by atoms with Crippen LogP contribution in [-0.2, 0) is 11.2 Å². The highest BCUT2D eigenvalue weighted by atomic mass is 19.2. The number of benzene rings is 1. The van der Waals surface area contributed by atoms with Crippen molar-refractivity contribution in [1.29, 1.82) is 0 Å². The first kappa shape index (κ1) is 15.9. The molecule has 1 amide bonds. The lowest BCUT2D eigenvalue weighted by atomic mass is 9.92. The Kier molecular flexibility index (Phi) is 5.28. The third kappa shape index (κ3) is 4.00. The van der Waals surface area contributed by atoms with Gasteiger partial charge >= 0.3 is 0 Å². The number of nitrogens with zero attached hydrogens (tertiary/aromatic N) is 1. The fraction of sp³-hybridized carbons (Fsp3) is 0.562. The second kappa shape index (κ2) is 6.98. The average molecular weight is 296 g/mol. The summed E-state index contributed by atoms with van der Waals surface area (Å²) in [4.78, 5) is 14.0. The summed E-state index contributed by atoms with van der Waals surface area (Å²) in [6, 6.07) is 4.14. The van der Waals surface area contributed by atoms with E-state index in [0.717, 1.165) is 25.5 Å². The zero-order valence-electron chi connectivity index (χ0n) is 12.3. The summed E-state index contributed by atoms with van der Waals surface area (Å²) in [6.07, 6.45) is 2.42. The van der Waals surface area contributed by atoms with E-state index in [1.807, 2.05) is 6.92 Å². The number of aryl methyl sites for hydroxylation is 1. The van der Waals surface area contributed by atoms with Crippen molar-refractivity contribution in [2.75, 3.05) is 13.1 Å². The second-order valence-electron chi connectivity index (χ2n) is 5.81. The highest BCUT2D eigenvalue weighted by Crippen LogP contribution is 2.20. The predicted octanol–water partition coefficient (Wildman–Crippen LogP) is 2.48. The summed E-state index contributed by atoms with van der Waals surface area (Å²) in [6.45, 7) is 3.36. The largest absolute Gasteiger partial charge is 0.342 e. The molecule has 1 aromatic rings. The number of hydrogen-bond donors (Lipinski definition) is 1. The molecule has 1 aromatic carbocycles. The SMILES string of the molecule is C[C@H](N)[C@H]1CCCN(C(=O)CCc2cccc(F)c2F)C1. The van der Waals surface area contributed by atoms with Crippen molar-refractivity contribution in [3.8, 4) is 0 Å². The molecule has 2 atom stereocenters. The van der Waals surface area contributed by atoms with Gasteiger partial charge in [-0.05, 0) is 43.7 Å². The van der Waals surface area contributed by atoms with E-state index in [2.05, 4.69) is 0 Å². The number of piperidine rings is 1. The van der Waals surface area contributed by atoms with Gasteiger partial charge in [-0.3, -0.25) is 4.79 Å². The van der Waals surface area contributed by atoms with Crippen LogP contribution >= 0.6 is 0 Å². The van der Waals surface area contributed by atoms with Crippen molar-refractivity contribution in [3.05, 3.63) is 35.4 Å². The Labute approximate surface area is 124 Å². The minimum Gasteiger partial charge on any atom is -0.342 e. The number of hydrogen-bond acceptors (Lipinski definition) is 2. The monoisotopic (exact) mass is 296 g/mol. The average Bonchev–Trinajstić information content (AvgIpc) is 2.48. The van der Waals surface area contributed by atoms with Crippen LogP contribution in [0.5, 0.6) is 0 Å². The molecule has 0 unspecified atom stereocenters. The van der Waals surface area contributed by atoms with E-state index in [-0.39, 0.29) is 30.4 Å². The molecule has 0 aromatic heterocycles. The van der Waals surface area contributed by atoms with Crippen LogP contribution in [0.1, 0.15) is 31.7 Å². The second-order valence-corrected chi connectivity index (χ2v) is 5.81. The summed E-state index contributed by atoms with van der Waals surface area (Å²) in [5.74, 6) is -1.40. The van der Waals surface area contributed by atoms with E-state index >= 15 is 0 Å². The molecule has 0 spiro atoms. The van der Waals surface area contributed by atoms with E-state index in [0.29, 0.717) is 12.5 Å². The summed E-state index contributed by atoms with van der Waals surface area (Å²) >= 11 is 0. The van der Waals surface area contributed by atoms with Crippen molar-refractivity contribution in [3.63, 3.8) is 0 Å². The molecule has 0 saturated carbocycles. The van der Waals surface area contributed by atoms with Crippen molar-refractivity contribution in [2.45, 2.75) is 38.6 Å². The number of halogens is 2. The molecule has 0 radical (unpaired) electrons. The van der Waals surface area contributed by atoms with Crippen LogP contribution < -0.4 is 5.73 Å². The minimum absolute atomic E-state index is 0.0102. The maximum absolute atomic E-state index is 13.5. The zero-order chi connectivity index (χ0) is 15.4. The van der Waals surface area contributed by atoms with Gasteiger partial charge < -0.3 is 10.6 Å². The summed E-state index contributed by atoms with van der Waals surface area (Å²) in [7, 11) is 0. The molecule has 0 aliphatic carbocycles. The van der Waals surface area contributed by atoms with Crippen molar-refractivity contribution in [1.82, 2.24) is 4.90 Å². The van der Waals surface area contributed by atoms with Crippen molar-refractivity contribution in [2.24, 2.45) is 11.7 Å². The molecule has 2 N–H and O–H groups in total. The third-order valence-corrected chi connectivity index (χ3v) is 4.19.